The van der Waals surface area contributed by atoms with Gasteiger partial charge in [0.05, 0.1) is 0 Å². The van der Waals surface area contributed by atoms with Gasteiger partial charge >= 0.3 is 0 Å². The van der Waals surface area contributed by atoms with Crippen LogP contribution in [0, 0.1) is 0 Å². The zero-order valence-electron chi connectivity index (χ0n) is 24.9. The van der Waals surface area contributed by atoms with E-state index in [1.807, 2.05) is 0 Å². The van der Waals surface area contributed by atoms with Gasteiger partial charge in [0, 0.05) is 5.41 Å². The van der Waals surface area contributed by atoms with Gasteiger partial charge in [-0.2, -0.15) is 0 Å². The third-order valence-electron chi connectivity index (χ3n) is 8.43. The quantitative estimate of drug-likeness (QED) is 0.102. The molecule has 0 aromatic heterocycles. The number of hydrogen-bond donors (Lipinski definition) is 1. The average molecular weight is 526 g/mol. The summed E-state index contributed by atoms with van der Waals surface area (Å²) in [5, 5.41) is 3.80. The predicted molar refractivity (Wildman–Crippen MR) is 172 cm³/mol. The first-order chi connectivity index (χ1) is 19.4. The summed E-state index contributed by atoms with van der Waals surface area (Å²) in [5.74, 6) is 0. The Morgan fingerprint density at radius 2 is 0.744 bits per heavy atom. The Morgan fingerprint density at radius 3 is 1.10 bits per heavy atom. The lowest BCUT2D eigenvalue weighted by Gasteiger charge is -2.36. The highest BCUT2D eigenvalue weighted by Crippen LogP contribution is 2.41. The molecule has 3 aromatic rings. The van der Waals surface area contributed by atoms with Crippen molar-refractivity contribution in [1.82, 2.24) is 5.32 Å². The molecule has 0 spiro atoms. The van der Waals surface area contributed by atoms with Crippen LogP contribution in [0.4, 0.5) is 0 Å². The zero-order chi connectivity index (χ0) is 27.3. The van der Waals surface area contributed by atoms with E-state index in [0.717, 1.165) is 19.5 Å². The van der Waals surface area contributed by atoms with Gasteiger partial charge in [-0.05, 0) is 42.6 Å². The van der Waals surface area contributed by atoms with E-state index in [2.05, 4.69) is 103 Å². The number of nitrogens with one attached hydrogen (secondary N) is 1. The Bertz CT molecular complexity index is 853. The van der Waals surface area contributed by atoms with Crippen molar-refractivity contribution in [1.29, 1.82) is 0 Å². The smallest absolute Gasteiger partial charge is 0.0463 e. The van der Waals surface area contributed by atoms with Crippen LogP contribution in [0.25, 0.3) is 0 Å². The van der Waals surface area contributed by atoms with Crippen molar-refractivity contribution in [3.05, 3.63) is 108 Å². The van der Waals surface area contributed by atoms with E-state index in [-0.39, 0.29) is 5.41 Å². The topological polar surface area (TPSA) is 12.0 Å². The molecule has 0 radical (unpaired) electrons. The van der Waals surface area contributed by atoms with Crippen LogP contribution in [0.2, 0.25) is 0 Å². The molecular weight excluding hydrogens is 470 g/mol. The molecule has 1 heteroatoms. The molecule has 1 nitrogen and oxygen atoms in total. The van der Waals surface area contributed by atoms with Gasteiger partial charge in [-0.3, -0.25) is 0 Å². The van der Waals surface area contributed by atoms with Gasteiger partial charge in [0.25, 0.3) is 0 Å². The maximum absolute atomic E-state index is 3.80. The molecule has 39 heavy (non-hydrogen) atoms. The van der Waals surface area contributed by atoms with Gasteiger partial charge in [0.15, 0.2) is 0 Å². The van der Waals surface area contributed by atoms with E-state index in [1.165, 1.54) is 113 Å². The first-order valence-electron chi connectivity index (χ1n) is 16.2. The van der Waals surface area contributed by atoms with Gasteiger partial charge in [-0.25, -0.2) is 0 Å². The summed E-state index contributed by atoms with van der Waals surface area (Å²) >= 11 is 0. The summed E-state index contributed by atoms with van der Waals surface area (Å²) in [7, 11) is 0. The van der Waals surface area contributed by atoms with Crippen molar-refractivity contribution in [2.45, 2.75) is 115 Å². The van der Waals surface area contributed by atoms with E-state index < -0.39 is 0 Å². The Hall–Kier alpha value is -2.38. The average Bonchev–Trinajstić information content (AvgIpc) is 3.00. The van der Waals surface area contributed by atoms with Gasteiger partial charge in [-0.15, -0.1) is 0 Å². The normalized spacial score (nSPS) is 11.6. The van der Waals surface area contributed by atoms with Gasteiger partial charge in [0.2, 0.25) is 0 Å². The molecule has 0 bridgehead atoms. The fourth-order valence-electron chi connectivity index (χ4n) is 6.12. The minimum absolute atomic E-state index is 0.147. The van der Waals surface area contributed by atoms with Crippen molar-refractivity contribution < 1.29 is 0 Å². The highest BCUT2D eigenvalue weighted by atomic mass is 14.8. The largest absolute Gasteiger partial charge is 0.317 e. The summed E-state index contributed by atoms with van der Waals surface area (Å²) in [6.45, 7) is 4.43. The van der Waals surface area contributed by atoms with Crippen molar-refractivity contribution in [2.75, 3.05) is 13.1 Å². The van der Waals surface area contributed by atoms with E-state index in [0.29, 0.717) is 0 Å². The van der Waals surface area contributed by atoms with Crippen LogP contribution in [0.15, 0.2) is 91.0 Å². The molecule has 3 aromatic carbocycles. The number of benzene rings is 3. The Kier molecular flexibility index (Phi) is 15.7. The minimum atomic E-state index is -0.147. The fourth-order valence-corrected chi connectivity index (χ4v) is 6.12. The molecule has 0 atom stereocenters. The van der Waals surface area contributed by atoms with Crippen LogP contribution in [-0.2, 0) is 5.41 Å². The Balaban J connectivity index is 1.34. The summed E-state index contributed by atoms with van der Waals surface area (Å²) in [4.78, 5) is 0. The Morgan fingerprint density at radius 1 is 0.410 bits per heavy atom. The molecule has 0 amide bonds. The molecule has 0 aliphatic heterocycles. The molecule has 0 unspecified atom stereocenters. The lowest BCUT2D eigenvalue weighted by atomic mass is 9.67. The molecule has 0 saturated heterocycles. The second-order valence-electron chi connectivity index (χ2n) is 11.5. The molecule has 0 heterocycles. The van der Waals surface area contributed by atoms with Crippen molar-refractivity contribution >= 4 is 0 Å². The third kappa shape index (κ3) is 11.0. The van der Waals surface area contributed by atoms with Crippen molar-refractivity contribution in [2.24, 2.45) is 0 Å². The summed E-state index contributed by atoms with van der Waals surface area (Å²) in [5.41, 5.74) is 3.97. The maximum Gasteiger partial charge on any atom is 0.0463 e. The Labute approximate surface area is 240 Å². The van der Waals surface area contributed by atoms with Crippen LogP contribution < -0.4 is 5.32 Å². The lowest BCUT2D eigenvalue weighted by Crippen LogP contribution is -2.34. The number of hydrogen-bond acceptors (Lipinski definition) is 1. The van der Waals surface area contributed by atoms with Crippen LogP contribution in [0.3, 0.4) is 0 Å². The SMILES string of the molecule is CCCCCCCCCCCCCCCCCNCCC(c1ccccc1)(c1ccccc1)c1ccccc1. The fraction of sp³-hybridized carbons (Fsp3) is 0.526. The van der Waals surface area contributed by atoms with Crippen LogP contribution in [0.5, 0.6) is 0 Å². The molecule has 0 saturated carbocycles. The van der Waals surface area contributed by atoms with E-state index >= 15 is 0 Å². The molecule has 3 rings (SSSR count). The molecule has 0 fully saturated rings. The maximum atomic E-state index is 3.80. The van der Waals surface area contributed by atoms with E-state index in [9.17, 15) is 0 Å². The first-order valence-corrected chi connectivity index (χ1v) is 16.2. The van der Waals surface area contributed by atoms with Gasteiger partial charge in [-0.1, -0.05) is 188 Å². The molecular formula is C38H55N. The summed E-state index contributed by atoms with van der Waals surface area (Å²) in [6, 6.07) is 33.3. The molecule has 1 N–H and O–H groups in total. The third-order valence-corrected chi connectivity index (χ3v) is 8.43. The zero-order valence-corrected chi connectivity index (χ0v) is 24.9. The van der Waals surface area contributed by atoms with Gasteiger partial charge in [0.1, 0.15) is 0 Å². The highest BCUT2D eigenvalue weighted by molar-refractivity contribution is 5.50. The lowest BCUT2D eigenvalue weighted by molar-refractivity contribution is 0.501. The van der Waals surface area contributed by atoms with Crippen LogP contribution in [0.1, 0.15) is 126 Å². The monoisotopic (exact) mass is 525 g/mol. The van der Waals surface area contributed by atoms with E-state index in [4.69, 9.17) is 0 Å². The van der Waals surface area contributed by atoms with Gasteiger partial charge < -0.3 is 5.32 Å². The molecule has 0 aliphatic rings. The predicted octanol–water partition coefficient (Wildman–Crippen LogP) is 10.9. The highest BCUT2D eigenvalue weighted by Gasteiger charge is 2.35. The summed E-state index contributed by atoms with van der Waals surface area (Å²) < 4.78 is 0. The molecule has 0 aliphatic carbocycles. The summed E-state index contributed by atoms with van der Waals surface area (Å²) in [6.07, 6.45) is 22.3. The van der Waals surface area contributed by atoms with E-state index in [1.54, 1.807) is 0 Å². The van der Waals surface area contributed by atoms with Crippen LogP contribution >= 0.6 is 0 Å². The minimum Gasteiger partial charge on any atom is -0.317 e. The number of unbranched alkanes of at least 4 members (excludes halogenated alkanes) is 14. The van der Waals surface area contributed by atoms with Crippen molar-refractivity contribution in [3.63, 3.8) is 0 Å². The second kappa shape index (κ2) is 19.6. The molecule has 212 valence electrons. The first kappa shape index (κ1) is 31.2. The van der Waals surface area contributed by atoms with Crippen molar-refractivity contribution in [3.8, 4) is 0 Å². The standard InChI is InChI=1S/C38H55N/c1-2-3-4-5-6-7-8-9-10-11-12-13-14-15-25-33-39-34-32-38(35-26-19-16-20-27-35,36-28-21-17-22-29-36)37-30-23-18-24-31-37/h16-24,26-31,39H,2-15,25,32-34H2,1H3. The van der Waals surface area contributed by atoms with Crippen LogP contribution in [-0.4, -0.2) is 13.1 Å². The second-order valence-corrected chi connectivity index (χ2v) is 11.5. The number of rotatable bonds is 22.